The molecule has 2 heterocycles. The van der Waals surface area contributed by atoms with E-state index in [0.29, 0.717) is 5.52 Å². The van der Waals surface area contributed by atoms with Crippen molar-refractivity contribution in [2.45, 2.75) is 27.7 Å². The third kappa shape index (κ3) is 2.77. The first-order chi connectivity index (χ1) is 9.99. The maximum atomic E-state index is 12.2. The first-order valence-electron chi connectivity index (χ1n) is 6.96. The smallest absolute Gasteiger partial charge is 0.341 e. The van der Waals surface area contributed by atoms with Crippen LogP contribution in [0.25, 0.3) is 5.52 Å². The van der Waals surface area contributed by atoms with Crippen LogP contribution in [0.2, 0.25) is 0 Å². The fourth-order valence-electron chi connectivity index (χ4n) is 2.39. The highest BCUT2D eigenvalue weighted by Crippen LogP contribution is 2.24. The number of hydrogen-bond donors (Lipinski definition) is 0. The Labute approximate surface area is 123 Å². The van der Waals surface area contributed by atoms with Crippen LogP contribution >= 0.6 is 0 Å². The molecule has 0 saturated heterocycles. The fraction of sp³-hybridized carbons (Fsp3) is 0.375. The molecule has 0 saturated carbocycles. The largest absolute Gasteiger partial charge is 0.462 e. The highest BCUT2D eigenvalue weighted by molar-refractivity contribution is 6.08. The van der Waals surface area contributed by atoms with E-state index in [9.17, 15) is 9.59 Å². The summed E-state index contributed by atoms with van der Waals surface area (Å²) in [5.74, 6) is -1.02. The van der Waals surface area contributed by atoms with Gasteiger partial charge in [-0.3, -0.25) is 0 Å². The molecule has 5 nitrogen and oxygen atoms in total. The van der Waals surface area contributed by atoms with Crippen molar-refractivity contribution < 1.29 is 19.1 Å². The van der Waals surface area contributed by atoms with E-state index in [1.807, 2.05) is 30.4 Å². The lowest BCUT2D eigenvalue weighted by Crippen LogP contribution is -2.12. The summed E-state index contributed by atoms with van der Waals surface area (Å²) in [5, 5.41) is 0. The van der Waals surface area contributed by atoms with E-state index in [1.54, 1.807) is 20.0 Å². The van der Waals surface area contributed by atoms with Gasteiger partial charge in [-0.2, -0.15) is 0 Å². The molecule has 0 bridgehead atoms. The molecule has 21 heavy (non-hydrogen) atoms. The summed E-state index contributed by atoms with van der Waals surface area (Å²) in [5.41, 5.74) is 3.12. The van der Waals surface area contributed by atoms with E-state index in [1.165, 1.54) is 0 Å². The van der Waals surface area contributed by atoms with Crippen LogP contribution in [0.15, 0.2) is 18.3 Å². The minimum atomic E-state index is -0.513. The summed E-state index contributed by atoms with van der Waals surface area (Å²) >= 11 is 0. The van der Waals surface area contributed by atoms with Crippen LogP contribution in [0.4, 0.5) is 0 Å². The van der Waals surface area contributed by atoms with Crippen LogP contribution in [-0.2, 0) is 9.47 Å². The molecule has 0 fully saturated rings. The van der Waals surface area contributed by atoms with Gasteiger partial charge in [-0.25, -0.2) is 9.59 Å². The second-order valence-electron chi connectivity index (χ2n) is 4.79. The molecular weight excluding hydrogens is 270 g/mol. The molecule has 0 aliphatic heterocycles. The zero-order valence-corrected chi connectivity index (χ0v) is 12.7. The van der Waals surface area contributed by atoms with Crippen molar-refractivity contribution in [2.75, 3.05) is 13.2 Å². The number of aromatic nitrogens is 1. The molecule has 0 aromatic carbocycles. The van der Waals surface area contributed by atoms with Gasteiger partial charge in [0, 0.05) is 11.9 Å². The maximum Gasteiger partial charge on any atom is 0.341 e. The standard InChI is InChI=1S/C16H19NO4/c1-5-20-15(18)12-9-17-11(4)7-10(3)8-13(17)14(12)16(19)21-6-2/h7-9H,5-6H2,1-4H3. The van der Waals surface area contributed by atoms with E-state index < -0.39 is 11.9 Å². The second kappa shape index (κ2) is 5.99. The van der Waals surface area contributed by atoms with Gasteiger partial charge < -0.3 is 13.9 Å². The topological polar surface area (TPSA) is 57.0 Å². The number of pyridine rings is 1. The zero-order valence-electron chi connectivity index (χ0n) is 12.7. The molecule has 0 radical (unpaired) electrons. The molecule has 0 aliphatic carbocycles. The van der Waals surface area contributed by atoms with Gasteiger partial charge in [0.2, 0.25) is 0 Å². The van der Waals surface area contributed by atoms with Crippen LogP contribution < -0.4 is 0 Å². The lowest BCUT2D eigenvalue weighted by molar-refractivity contribution is 0.0482. The lowest BCUT2D eigenvalue weighted by Gasteiger charge is -2.06. The van der Waals surface area contributed by atoms with Crippen molar-refractivity contribution in [2.24, 2.45) is 0 Å². The van der Waals surface area contributed by atoms with Gasteiger partial charge in [-0.1, -0.05) is 0 Å². The van der Waals surface area contributed by atoms with Gasteiger partial charge in [0.1, 0.15) is 0 Å². The van der Waals surface area contributed by atoms with Crippen molar-refractivity contribution in [3.05, 3.63) is 40.7 Å². The predicted molar refractivity (Wildman–Crippen MR) is 78.8 cm³/mol. The number of carbonyl (C=O) groups is 2. The van der Waals surface area contributed by atoms with E-state index in [4.69, 9.17) is 9.47 Å². The number of nitrogens with zero attached hydrogens (tertiary/aromatic N) is 1. The molecule has 0 aliphatic rings. The number of fused-ring (bicyclic) bond motifs is 1. The van der Waals surface area contributed by atoms with Crippen molar-refractivity contribution in [1.29, 1.82) is 0 Å². The SMILES string of the molecule is CCOC(=O)c1cn2c(C)cc(C)cc2c1C(=O)OCC. The summed E-state index contributed by atoms with van der Waals surface area (Å²) in [6, 6.07) is 3.85. The Bertz CT molecular complexity index is 700. The van der Waals surface area contributed by atoms with E-state index in [-0.39, 0.29) is 24.3 Å². The minimum Gasteiger partial charge on any atom is -0.462 e. The average molecular weight is 289 g/mol. The van der Waals surface area contributed by atoms with Gasteiger partial charge in [0.25, 0.3) is 0 Å². The highest BCUT2D eigenvalue weighted by atomic mass is 16.5. The highest BCUT2D eigenvalue weighted by Gasteiger charge is 2.25. The molecule has 0 spiro atoms. The molecule has 0 amide bonds. The Kier molecular flexibility index (Phi) is 4.31. The van der Waals surface area contributed by atoms with Crippen LogP contribution in [-0.4, -0.2) is 29.6 Å². The monoisotopic (exact) mass is 289 g/mol. The summed E-state index contributed by atoms with van der Waals surface area (Å²) in [6.45, 7) is 7.83. The number of carbonyl (C=O) groups excluding carboxylic acids is 2. The van der Waals surface area contributed by atoms with Crippen molar-refractivity contribution in [3.8, 4) is 0 Å². The van der Waals surface area contributed by atoms with Gasteiger partial charge in [0.05, 0.1) is 29.9 Å². The Balaban J connectivity index is 2.71. The molecule has 0 unspecified atom stereocenters. The van der Waals surface area contributed by atoms with Crippen LogP contribution in [0.1, 0.15) is 45.8 Å². The van der Waals surface area contributed by atoms with Gasteiger partial charge in [-0.15, -0.1) is 0 Å². The van der Waals surface area contributed by atoms with E-state index in [2.05, 4.69) is 0 Å². The first-order valence-corrected chi connectivity index (χ1v) is 6.96. The van der Waals surface area contributed by atoms with E-state index >= 15 is 0 Å². The number of hydrogen-bond acceptors (Lipinski definition) is 4. The van der Waals surface area contributed by atoms with Gasteiger partial charge >= 0.3 is 11.9 Å². The number of ether oxygens (including phenoxy) is 2. The molecule has 2 rings (SSSR count). The van der Waals surface area contributed by atoms with Gasteiger partial charge in [0.15, 0.2) is 0 Å². The third-order valence-electron chi connectivity index (χ3n) is 3.20. The molecular formula is C16H19NO4. The molecule has 2 aromatic rings. The summed E-state index contributed by atoms with van der Waals surface area (Å²) in [4.78, 5) is 24.3. The fourth-order valence-corrected chi connectivity index (χ4v) is 2.39. The van der Waals surface area contributed by atoms with Crippen LogP contribution in [0.3, 0.4) is 0 Å². The van der Waals surface area contributed by atoms with E-state index in [0.717, 1.165) is 11.3 Å². The summed E-state index contributed by atoms with van der Waals surface area (Å²) < 4.78 is 11.9. The number of rotatable bonds is 4. The molecule has 2 aromatic heterocycles. The van der Waals surface area contributed by atoms with Crippen molar-refractivity contribution in [3.63, 3.8) is 0 Å². The van der Waals surface area contributed by atoms with Gasteiger partial charge in [-0.05, 0) is 45.4 Å². The lowest BCUT2D eigenvalue weighted by atomic mass is 10.1. The minimum absolute atomic E-state index is 0.240. The zero-order chi connectivity index (χ0) is 15.6. The Morgan fingerprint density at radius 2 is 1.67 bits per heavy atom. The Morgan fingerprint density at radius 1 is 1.05 bits per heavy atom. The second-order valence-corrected chi connectivity index (χ2v) is 4.79. The third-order valence-corrected chi connectivity index (χ3v) is 3.20. The molecule has 112 valence electrons. The Morgan fingerprint density at radius 3 is 2.29 bits per heavy atom. The van der Waals surface area contributed by atoms with Crippen LogP contribution in [0.5, 0.6) is 0 Å². The normalized spacial score (nSPS) is 10.7. The predicted octanol–water partition coefficient (Wildman–Crippen LogP) is 2.91. The summed E-state index contributed by atoms with van der Waals surface area (Å²) in [6.07, 6.45) is 1.63. The van der Waals surface area contributed by atoms with Crippen molar-refractivity contribution >= 4 is 17.5 Å². The molecule has 0 atom stereocenters. The maximum absolute atomic E-state index is 12.2. The van der Waals surface area contributed by atoms with Crippen molar-refractivity contribution in [1.82, 2.24) is 4.40 Å². The average Bonchev–Trinajstić information content (AvgIpc) is 2.79. The molecule has 5 heteroatoms. The quantitative estimate of drug-likeness (QED) is 0.812. The first kappa shape index (κ1) is 15.1. The number of aryl methyl sites for hydroxylation is 2. The number of esters is 2. The Hall–Kier alpha value is -2.30. The summed E-state index contributed by atoms with van der Waals surface area (Å²) in [7, 11) is 0. The van der Waals surface area contributed by atoms with Crippen LogP contribution in [0, 0.1) is 13.8 Å². The molecule has 0 N–H and O–H groups in total.